The van der Waals surface area contributed by atoms with Crippen molar-refractivity contribution in [3.05, 3.63) is 60.4 Å². The predicted octanol–water partition coefficient (Wildman–Crippen LogP) is 4.23. The van der Waals surface area contributed by atoms with Crippen molar-refractivity contribution in [2.75, 3.05) is 5.32 Å². The zero-order valence-electron chi connectivity index (χ0n) is 11.9. The summed E-state index contributed by atoms with van der Waals surface area (Å²) in [6, 6.07) is 17.2. The number of rotatable bonds is 4. The zero-order chi connectivity index (χ0) is 13.9. The molecular formula is C17H19N3. The molecule has 0 radical (unpaired) electrons. The maximum absolute atomic E-state index is 4.56. The maximum Gasteiger partial charge on any atom is 0.0815 e. The average molecular weight is 265 g/mol. The van der Waals surface area contributed by atoms with Gasteiger partial charge in [0.2, 0.25) is 0 Å². The summed E-state index contributed by atoms with van der Waals surface area (Å²) in [7, 11) is 0. The number of hydrogen-bond acceptors (Lipinski definition) is 2. The van der Waals surface area contributed by atoms with Gasteiger partial charge in [0.25, 0.3) is 0 Å². The first-order chi connectivity index (χ1) is 9.74. The molecule has 0 saturated heterocycles. The highest BCUT2D eigenvalue weighted by molar-refractivity contribution is 5.93. The smallest absolute Gasteiger partial charge is 0.0815 e. The third-order valence-electron chi connectivity index (χ3n) is 3.44. The lowest BCUT2D eigenvalue weighted by Crippen LogP contribution is -2.04. The Hall–Kier alpha value is -2.29. The molecule has 0 saturated carbocycles. The molecule has 0 bridgehead atoms. The second-order valence-corrected chi connectivity index (χ2v) is 5.26. The summed E-state index contributed by atoms with van der Waals surface area (Å²) in [6.07, 6.45) is 2.03. The van der Waals surface area contributed by atoms with E-state index < -0.39 is 0 Å². The molecule has 0 amide bonds. The lowest BCUT2D eigenvalue weighted by molar-refractivity contribution is 0.527. The Morgan fingerprint density at radius 2 is 1.85 bits per heavy atom. The van der Waals surface area contributed by atoms with Gasteiger partial charge in [0.1, 0.15) is 0 Å². The first-order valence-corrected chi connectivity index (χ1v) is 7.00. The highest BCUT2D eigenvalue weighted by Gasteiger charge is 2.03. The van der Waals surface area contributed by atoms with Gasteiger partial charge in [-0.15, -0.1) is 0 Å². The number of nitrogens with one attached hydrogen (secondary N) is 1. The van der Waals surface area contributed by atoms with Crippen molar-refractivity contribution < 1.29 is 0 Å². The Balaban J connectivity index is 1.79. The van der Waals surface area contributed by atoms with E-state index >= 15 is 0 Å². The summed E-state index contributed by atoms with van der Waals surface area (Å²) in [5.41, 5.74) is 2.22. The molecule has 0 aliphatic rings. The van der Waals surface area contributed by atoms with E-state index in [0.717, 1.165) is 17.9 Å². The van der Waals surface area contributed by atoms with Gasteiger partial charge in [0.15, 0.2) is 0 Å². The van der Waals surface area contributed by atoms with Gasteiger partial charge in [-0.05, 0) is 31.4 Å². The Kier molecular flexibility index (Phi) is 3.42. The molecule has 0 unspecified atom stereocenters. The fraction of sp³-hybridized carbons (Fsp3) is 0.235. The molecule has 0 aliphatic carbocycles. The molecule has 3 nitrogen and oxygen atoms in total. The predicted molar refractivity (Wildman–Crippen MR) is 83.9 cm³/mol. The molecule has 2 aromatic carbocycles. The second kappa shape index (κ2) is 5.37. The largest absolute Gasteiger partial charge is 0.379 e. The molecule has 102 valence electrons. The van der Waals surface area contributed by atoms with Gasteiger partial charge in [0, 0.05) is 23.3 Å². The van der Waals surface area contributed by atoms with Crippen molar-refractivity contribution in [1.29, 1.82) is 0 Å². The van der Waals surface area contributed by atoms with Crippen molar-refractivity contribution in [2.45, 2.75) is 26.4 Å². The van der Waals surface area contributed by atoms with E-state index in [1.807, 2.05) is 10.9 Å². The Labute approximate surface area is 119 Å². The van der Waals surface area contributed by atoms with Crippen LogP contribution in [0.15, 0.2) is 54.7 Å². The van der Waals surface area contributed by atoms with E-state index in [4.69, 9.17) is 0 Å². The molecule has 1 N–H and O–H groups in total. The van der Waals surface area contributed by atoms with Gasteiger partial charge in [-0.3, -0.25) is 4.68 Å². The molecule has 0 fully saturated rings. The molecule has 0 spiro atoms. The Bertz CT molecular complexity index is 708. The van der Waals surface area contributed by atoms with Gasteiger partial charge in [-0.2, -0.15) is 5.10 Å². The summed E-state index contributed by atoms with van der Waals surface area (Å²) >= 11 is 0. The van der Waals surface area contributed by atoms with E-state index in [9.17, 15) is 0 Å². The third-order valence-corrected chi connectivity index (χ3v) is 3.44. The minimum absolute atomic E-state index is 0.404. The van der Waals surface area contributed by atoms with Gasteiger partial charge in [0.05, 0.1) is 12.2 Å². The van der Waals surface area contributed by atoms with Gasteiger partial charge in [-0.1, -0.05) is 36.4 Å². The van der Waals surface area contributed by atoms with Gasteiger partial charge in [-0.25, -0.2) is 0 Å². The normalized spacial score (nSPS) is 11.2. The van der Waals surface area contributed by atoms with Crippen LogP contribution in [0.25, 0.3) is 10.8 Å². The van der Waals surface area contributed by atoms with Crippen LogP contribution in [0.1, 0.15) is 25.6 Å². The van der Waals surface area contributed by atoms with Crippen LogP contribution in [0.4, 0.5) is 5.69 Å². The van der Waals surface area contributed by atoms with Gasteiger partial charge >= 0.3 is 0 Å². The summed E-state index contributed by atoms with van der Waals surface area (Å²) in [6.45, 7) is 5.01. The fourth-order valence-corrected chi connectivity index (χ4v) is 2.32. The van der Waals surface area contributed by atoms with E-state index in [2.05, 4.69) is 72.8 Å². The molecule has 3 aromatic rings. The van der Waals surface area contributed by atoms with Crippen LogP contribution in [0.5, 0.6) is 0 Å². The van der Waals surface area contributed by atoms with Crippen molar-refractivity contribution in [3.63, 3.8) is 0 Å². The van der Waals surface area contributed by atoms with Crippen LogP contribution in [0.3, 0.4) is 0 Å². The van der Waals surface area contributed by atoms with Crippen LogP contribution in [0.2, 0.25) is 0 Å². The van der Waals surface area contributed by atoms with E-state index in [1.165, 1.54) is 10.8 Å². The van der Waals surface area contributed by atoms with Crippen LogP contribution in [-0.2, 0) is 6.54 Å². The van der Waals surface area contributed by atoms with Crippen molar-refractivity contribution >= 4 is 16.5 Å². The number of aromatic nitrogens is 2. The number of fused-ring (bicyclic) bond motifs is 1. The Morgan fingerprint density at radius 1 is 1.05 bits per heavy atom. The monoisotopic (exact) mass is 265 g/mol. The number of benzene rings is 2. The first-order valence-electron chi connectivity index (χ1n) is 7.00. The SMILES string of the molecule is CC(C)n1ccc(CNc2cccc3ccccc23)n1. The summed E-state index contributed by atoms with van der Waals surface area (Å²) < 4.78 is 1.99. The zero-order valence-corrected chi connectivity index (χ0v) is 11.9. The maximum atomic E-state index is 4.56. The van der Waals surface area contributed by atoms with Crippen molar-refractivity contribution in [1.82, 2.24) is 9.78 Å². The highest BCUT2D eigenvalue weighted by Crippen LogP contribution is 2.23. The van der Waals surface area contributed by atoms with Crippen molar-refractivity contribution in [2.24, 2.45) is 0 Å². The second-order valence-electron chi connectivity index (χ2n) is 5.26. The molecule has 1 heterocycles. The topological polar surface area (TPSA) is 29.9 Å². The molecular weight excluding hydrogens is 246 g/mol. The van der Waals surface area contributed by atoms with Crippen LogP contribution in [0, 0.1) is 0 Å². The van der Waals surface area contributed by atoms with Gasteiger partial charge < -0.3 is 5.32 Å². The number of anilines is 1. The number of hydrogen-bond donors (Lipinski definition) is 1. The molecule has 3 rings (SSSR count). The quantitative estimate of drug-likeness (QED) is 0.765. The molecule has 0 atom stereocenters. The van der Waals surface area contributed by atoms with E-state index in [0.29, 0.717) is 6.04 Å². The summed E-state index contributed by atoms with van der Waals surface area (Å²) in [4.78, 5) is 0. The highest BCUT2D eigenvalue weighted by atomic mass is 15.3. The average Bonchev–Trinajstić information content (AvgIpc) is 2.94. The molecule has 20 heavy (non-hydrogen) atoms. The minimum atomic E-state index is 0.404. The molecule has 1 aromatic heterocycles. The summed E-state index contributed by atoms with van der Waals surface area (Å²) in [5, 5.41) is 10.5. The standard InChI is InChI=1S/C17H19N3/c1-13(2)20-11-10-15(19-20)12-18-17-9-5-7-14-6-3-4-8-16(14)17/h3-11,13,18H,12H2,1-2H3. The Morgan fingerprint density at radius 3 is 2.65 bits per heavy atom. The van der Waals surface area contributed by atoms with Crippen LogP contribution in [-0.4, -0.2) is 9.78 Å². The minimum Gasteiger partial charge on any atom is -0.379 e. The van der Waals surface area contributed by atoms with E-state index in [-0.39, 0.29) is 0 Å². The first kappa shape index (κ1) is 12.7. The van der Waals surface area contributed by atoms with Crippen molar-refractivity contribution in [3.8, 4) is 0 Å². The van der Waals surface area contributed by atoms with E-state index in [1.54, 1.807) is 0 Å². The molecule has 0 aliphatic heterocycles. The van der Waals surface area contributed by atoms with Crippen LogP contribution >= 0.6 is 0 Å². The lowest BCUT2D eigenvalue weighted by atomic mass is 10.1. The number of nitrogens with zero attached hydrogens (tertiary/aromatic N) is 2. The molecule has 3 heteroatoms. The van der Waals surface area contributed by atoms with Crippen LogP contribution < -0.4 is 5.32 Å². The third kappa shape index (κ3) is 2.52. The lowest BCUT2D eigenvalue weighted by Gasteiger charge is -2.09. The fourth-order valence-electron chi connectivity index (χ4n) is 2.32. The summed E-state index contributed by atoms with van der Waals surface area (Å²) in [5.74, 6) is 0.